The highest BCUT2D eigenvalue weighted by Gasteiger charge is 2.19. The van der Waals surface area contributed by atoms with Crippen LogP contribution in [0.25, 0.3) is 10.3 Å². The van der Waals surface area contributed by atoms with Crippen LogP contribution in [0.4, 0.5) is 5.82 Å². The summed E-state index contributed by atoms with van der Waals surface area (Å²) in [6, 6.07) is 12.6. The van der Waals surface area contributed by atoms with Crippen LogP contribution in [0.5, 0.6) is 0 Å². The van der Waals surface area contributed by atoms with Gasteiger partial charge in [0.1, 0.15) is 10.6 Å². The van der Waals surface area contributed by atoms with Crippen molar-refractivity contribution in [3.8, 4) is 0 Å². The lowest BCUT2D eigenvalue weighted by atomic mass is 10.1. The second kappa shape index (κ2) is 8.20. The van der Waals surface area contributed by atoms with E-state index in [4.69, 9.17) is 17.3 Å². The highest BCUT2D eigenvalue weighted by Crippen LogP contribution is 2.23. The Morgan fingerprint density at radius 1 is 1.15 bits per heavy atom. The maximum atomic E-state index is 13.0. The zero-order valence-corrected chi connectivity index (χ0v) is 15.5. The van der Waals surface area contributed by atoms with Crippen LogP contribution >= 0.6 is 23.6 Å². The summed E-state index contributed by atoms with van der Waals surface area (Å²) in [5.41, 5.74) is 1.40. The molecule has 0 aliphatic rings. The fourth-order valence-electron chi connectivity index (χ4n) is 2.58. The number of rotatable bonds is 7. The number of aromatic amines is 1. The molecule has 26 heavy (non-hydrogen) atoms. The third-order valence-corrected chi connectivity index (χ3v) is 4.98. The smallest absolute Gasteiger partial charge is 0.303 e. The maximum absolute atomic E-state index is 13.0. The first-order valence-corrected chi connectivity index (χ1v) is 9.35. The Labute approximate surface area is 159 Å². The number of thiazole rings is 1. The molecule has 0 unspecified atom stereocenters. The van der Waals surface area contributed by atoms with Gasteiger partial charge in [-0.3, -0.25) is 14.5 Å². The minimum atomic E-state index is -0.836. The highest BCUT2D eigenvalue weighted by atomic mass is 32.1. The number of anilines is 1. The van der Waals surface area contributed by atoms with E-state index in [1.807, 2.05) is 24.3 Å². The van der Waals surface area contributed by atoms with Crippen molar-refractivity contribution in [3.63, 3.8) is 0 Å². The predicted molar refractivity (Wildman–Crippen MR) is 104 cm³/mol. The second-order valence-corrected chi connectivity index (χ2v) is 7.38. The van der Waals surface area contributed by atoms with Crippen molar-refractivity contribution in [1.29, 1.82) is 0 Å². The van der Waals surface area contributed by atoms with Crippen molar-refractivity contribution in [1.82, 2.24) is 9.97 Å². The number of amides is 1. The number of aromatic nitrogens is 2. The number of benzene rings is 1. The van der Waals surface area contributed by atoms with Crippen LogP contribution in [0.2, 0.25) is 0 Å². The minimum Gasteiger partial charge on any atom is -0.481 e. The molecule has 6 nitrogen and oxygen atoms in total. The molecule has 0 saturated heterocycles. The van der Waals surface area contributed by atoms with Crippen LogP contribution in [0.1, 0.15) is 29.6 Å². The Hall–Kier alpha value is -2.58. The molecule has 0 atom stereocenters. The summed E-state index contributed by atoms with van der Waals surface area (Å²) < 4.78 is 0.632. The average Bonchev–Trinajstić information content (AvgIpc) is 3.01. The van der Waals surface area contributed by atoms with E-state index in [-0.39, 0.29) is 12.3 Å². The summed E-state index contributed by atoms with van der Waals surface area (Å²) in [6.07, 6.45) is 1.16. The van der Waals surface area contributed by atoms with E-state index in [1.165, 1.54) is 11.3 Å². The average molecular weight is 387 g/mol. The normalized spacial score (nSPS) is 10.8. The molecule has 0 aliphatic carbocycles. The number of aliphatic carboxylic acids is 1. The second-order valence-electron chi connectivity index (χ2n) is 5.71. The van der Waals surface area contributed by atoms with Crippen molar-refractivity contribution in [3.05, 3.63) is 52.0 Å². The molecule has 3 aromatic rings. The van der Waals surface area contributed by atoms with Gasteiger partial charge in [-0.25, -0.2) is 4.98 Å². The number of carboxylic acid groups (broad SMARTS) is 1. The topological polar surface area (TPSA) is 86.3 Å². The first kappa shape index (κ1) is 18.2. The molecule has 0 aliphatic heterocycles. The first-order chi connectivity index (χ1) is 12.5. The van der Waals surface area contributed by atoms with Gasteiger partial charge >= 0.3 is 5.97 Å². The van der Waals surface area contributed by atoms with Crippen molar-refractivity contribution in [2.75, 3.05) is 11.4 Å². The number of hydrogen-bond acceptors (Lipinski definition) is 5. The zero-order chi connectivity index (χ0) is 18.5. The molecule has 2 heterocycles. The molecule has 1 amide bonds. The molecule has 0 spiro atoms. The van der Waals surface area contributed by atoms with Gasteiger partial charge in [-0.1, -0.05) is 29.5 Å². The molecule has 0 radical (unpaired) electrons. The molecule has 134 valence electrons. The van der Waals surface area contributed by atoms with Gasteiger partial charge in [0.2, 0.25) is 0 Å². The highest BCUT2D eigenvalue weighted by molar-refractivity contribution is 7.73. The number of carboxylic acids is 1. The molecule has 3 rings (SSSR count). The fourth-order valence-corrected chi connectivity index (χ4v) is 3.63. The first-order valence-electron chi connectivity index (χ1n) is 8.13. The van der Waals surface area contributed by atoms with E-state index in [0.29, 0.717) is 34.7 Å². The number of nitrogens with one attached hydrogen (secondary N) is 1. The fraction of sp³-hybridized carbons (Fsp3) is 0.222. The number of hydrogen-bond donors (Lipinski definition) is 2. The lowest BCUT2D eigenvalue weighted by Gasteiger charge is -2.22. The summed E-state index contributed by atoms with van der Waals surface area (Å²) in [6.45, 7) is 0.398. The number of carbonyl (C=O) groups excluding carboxylic acids is 1. The maximum Gasteiger partial charge on any atom is 0.303 e. The van der Waals surface area contributed by atoms with Gasteiger partial charge in [0.15, 0.2) is 3.95 Å². The Morgan fingerprint density at radius 2 is 1.92 bits per heavy atom. The van der Waals surface area contributed by atoms with E-state index >= 15 is 0 Å². The molecular formula is C18H17N3O3S2. The lowest BCUT2D eigenvalue weighted by Crippen LogP contribution is -2.32. The molecule has 2 N–H and O–H groups in total. The lowest BCUT2D eigenvalue weighted by molar-refractivity contribution is -0.137. The molecule has 0 bridgehead atoms. The minimum absolute atomic E-state index is 0.0824. The molecule has 2 aromatic heterocycles. The largest absolute Gasteiger partial charge is 0.481 e. The van der Waals surface area contributed by atoms with Crippen LogP contribution in [0, 0.1) is 3.95 Å². The van der Waals surface area contributed by atoms with Crippen LogP contribution in [0.15, 0.2) is 42.5 Å². The molecule has 8 heteroatoms. The Balaban J connectivity index is 1.88. The van der Waals surface area contributed by atoms with Gasteiger partial charge in [0.25, 0.3) is 5.91 Å². The van der Waals surface area contributed by atoms with Gasteiger partial charge in [-0.2, -0.15) is 0 Å². The SMILES string of the molecule is O=C(O)CCCCN(C(=O)c1ccccc1)c1ccc2[nH]c(=S)sc2n1. The van der Waals surface area contributed by atoms with Gasteiger partial charge in [-0.05, 0) is 49.3 Å². The zero-order valence-electron chi connectivity index (χ0n) is 13.8. The number of carbonyl (C=O) groups is 2. The van der Waals surface area contributed by atoms with Crippen molar-refractivity contribution in [2.24, 2.45) is 0 Å². The van der Waals surface area contributed by atoms with Gasteiger partial charge < -0.3 is 10.1 Å². The van der Waals surface area contributed by atoms with E-state index in [9.17, 15) is 9.59 Å². The number of unbranched alkanes of at least 4 members (excludes halogenated alkanes) is 1. The van der Waals surface area contributed by atoms with Gasteiger partial charge in [0.05, 0.1) is 5.52 Å². The quantitative estimate of drug-likeness (QED) is 0.467. The molecule has 0 saturated carbocycles. The van der Waals surface area contributed by atoms with Crippen molar-refractivity contribution in [2.45, 2.75) is 19.3 Å². The van der Waals surface area contributed by atoms with E-state index in [1.54, 1.807) is 23.1 Å². The van der Waals surface area contributed by atoms with Crippen LogP contribution in [0.3, 0.4) is 0 Å². The number of nitrogens with zero attached hydrogens (tertiary/aromatic N) is 2. The third-order valence-electron chi connectivity index (χ3n) is 3.84. The Kier molecular flexibility index (Phi) is 5.75. The van der Waals surface area contributed by atoms with Gasteiger partial charge in [-0.15, -0.1) is 0 Å². The summed E-state index contributed by atoms with van der Waals surface area (Å²) in [7, 11) is 0. The predicted octanol–water partition coefficient (Wildman–Crippen LogP) is 4.26. The van der Waals surface area contributed by atoms with E-state index < -0.39 is 5.97 Å². The van der Waals surface area contributed by atoms with Crippen molar-refractivity contribution < 1.29 is 14.7 Å². The number of fused-ring (bicyclic) bond motifs is 1. The monoisotopic (exact) mass is 387 g/mol. The van der Waals surface area contributed by atoms with E-state index in [2.05, 4.69) is 9.97 Å². The number of H-pyrrole nitrogens is 1. The van der Waals surface area contributed by atoms with Gasteiger partial charge in [0, 0.05) is 18.5 Å². The molecule has 1 aromatic carbocycles. The standard InChI is InChI=1S/C18H17N3O3S2/c22-15(23)8-4-5-11-21(17(24)12-6-2-1-3-7-12)14-10-9-13-16(20-14)26-18(25)19-13/h1-3,6-7,9-10H,4-5,8,11H2,(H,19,25)(H,22,23). The third kappa shape index (κ3) is 4.33. The molecular weight excluding hydrogens is 370 g/mol. The molecule has 0 fully saturated rings. The summed E-state index contributed by atoms with van der Waals surface area (Å²) in [4.78, 5) is 33.6. The van der Waals surface area contributed by atoms with Crippen LogP contribution in [-0.2, 0) is 4.79 Å². The summed E-state index contributed by atoms with van der Waals surface area (Å²) in [5.74, 6) is -0.462. The van der Waals surface area contributed by atoms with E-state index in [0.717, 1.165) is 10.3 Å². The number of pyridine rings is 1. The Bertz CT molecular complexity index is 982. The summed E-state index contributed by atoms with van der Waals surface area (Å²) in [5, 5.41) is 8.80. The van der Waals surface area contributed by atoms with Crippen molar-refractivity contribution >= 4 is 51.6 Å². The summed E-state index contributed by atoms with van der Waals surface area (Å²) >= 11 is 6.50. The van der Waals surface area contributed by atoms with Crippen LogP contribution in [-0.4, -0.2) is 33.5 Å². The Morgan fingerprint density at radius 3 is 2.65 bits per heavy atom. The van der Waals surface area contributed by atoms with Crippen LogP contribution < -0.4 is 4.90 Å².